The lowest BCUT2D eigenvalue weighted by molar-refractivity contribution is 0.460. The third-order valence-electron chi connectivity index (χ3n) is 6.11. The molecule has 1 fully saturated rings. The van der Waals surface area contributed by atoms with Crippen LogP contribution in [0.25, 0.3) is 16.8 Å². The van der Waals surface area contributed by atoms with Crippen molar-refractivity contribution in [3.8, 4) is 0 Å². The summed E-state index contributed by atoms with van der Waals surface area (Å²) in [4.78, 5) is 5.50. The number of rotatable bonds is 0. The maximum Gasteiger partial charge on any atom is 0.0890 e. The molecule has 0 spiro atoms. The van der Waals surface area contributed by atoms with Crippen molar-refractivity contribution in [1.82, 2.24) is 0 Å². The molecule has 3 aromatic rings. The Balaban J connectivity index is 0.000000153. The third kappa shape index (κ3) is 3.67. The summed E-state index contributed by atoms with van der Waals surface area (Å²) in [6, 6.07) is 21.5. The average molecular weight is 397 g/mol. The molecular weight excluding hydrogens is 372 g/mol. The van der Waals surface area contributed by atoms with Gasteiger partial charge in [0.25, 0.3) is 0 Å². The van der Waals surface area contributed by atoms with E-state index < -0.39 is 0 Å². The van der Waals surface area contributed by atoms with E-state index in [9.17, 15) is 0 Å². The van der Waals surface area contributed by atoms with Crippen molar-refractivity contribution < 1.29 is 0 Å². The van der Waals surface area contributed by atoms with Gasteiger partial charge in [0.15, 0.2) is 0 Å². The number of aliphatic imine (C=N–C) groups is 1. The second-order valence-electron chi connectivity index (χ2n) is 7.89. The average Bonchev–Trinajstić information content (AvgIpc) is 2.79. The second kappa shape index (κ2) is 8.00. The Morgan fingerprint density at radius 1 is 0.966 bits per heavy atom. The van der Waals surface area contributed by atoms with E-state index in [2.05, 4.69) is 71.7 Å². The molecule has 0 amide bonds. The van der Waals surface area contributed by atoms with Gasteiger partial charge in [0.2, 0.25) is 0 Å². The van der Waals surface area contributed by atoms with E-state index in [4.69, 9.17) is 5.41 Å². The minimum absolute atomic E-state index is 0.551. The fraction of sp³-hybridized carbons (Fsp3) is 0.231. The number of hydrogen-bond donors (Lipinski definition) is 1. The summed E-state index contributed by atoms with van der Waals surface area (Å²) in [5.41, 5.74) is 5.08. The van der Waals surface area contributed by atoms with E-state index in [1.807, 2.05) is 12.3 Å². The molecule has 3 aliphatic rings. The molecule has 3 heteroatoms. The molecule has 2 nitrogen and oxygen atoms in total. The predicted octanol–water partition coefficient (Wildman–Crippen LogP) is 6.94. The van der Waals surface area contributed by atoms with Gasteiger partial charge in [0, 0.05) is 22.4 Å². The van der Waals surface area contributed by atoms with Gasteiger partial charge in [0.1, 0.15) is 0 Å². The number of nitrogens with one attached hydrogen (secondary N) is 1. The Labute approximate surface area is 176 Å². The summed E-state index contributed by atoms with van der Waals surface area (Å²) in [6.07, 6.45) is 9.63. The first-order chi connectivity index (χ1) is 14.3. The lowest BCUT2D eigenvalue weighted by Crippen LogP contribution is -2.24. The van der Waals surface area contributed by atoms with Crippen molar-refractivity contribution in [2.75, 3.05) is 5.88 Å². The van der Waals surface area contributed by atoms with Gasteiger partial charge in [0.05, 0.1) is 5.88 Å². The molecule has 1 aliphatic heterocycles. The number of thioether (sulfide) groups is 1. The summed E-state index contributed by atoms with van der Waals surface area (Å²) < 4.78 is 0. The van der Waals surface area contributed by atoms with Gasteiger partial charge in [-0.05, 0) is 59.1 Å². The molecule has 6 rings (SSSR count). The molecule has 0 saturated heterocycles. The predicted molar refractivity (Wildman–Crippen MR) is 126 cm³/mol. The Kier molecular flexibility index (Phi) is 5.07. The van der Waals surface area contributed by atoms with Gasteiger partial charge in [-0.2, -0.15) is 0 Å². The van der Waals surface area contributed by atoms with Crippen LogP contribution in [-0.2, 0) is 0 Å². The summed E-state index contributed by atoms with van der Waals surface area (Å²) in [6.45, 7) is 0. The number of hydrogen-bond acceptors (Lipinski definition) is 3. The molecular formula is C26H24N2S. The van der Waals surface area contributed by atoms with Crippen molar-refractivity contribution in [3.05, 3.63) is 83.4 Å². The SMILES string of the molecule is C1=NCSc2ccccc21.N=C1CCC2c3ccc4ccccc4c3C=CC2C1. The smallest absolute Gasteiger partial charge is 0.0890 e. The van der Waals surface area contributed by atoms with E-state index in [-0.39, 0.29) is 0 Å². The topological polar surface area (TPSA) is 36.2 Å². The molecule has 1 heterocycles. The zero-order valence-corrected chi connectivity index (χ0v) is 17.2. The third-order valence-corrected chi connectivity index (χ3v) is 7.07. The van der Waals surface area contributed by atoms with Crippen molar-refractivity contribution in [1.29, 1.82) is 5.41 Å². The first-order valence-electron chi connectivity index (χ1n) is 10.3. The van der Waals surface area contributed by atoms with Crippen LogP contribution < -0.4 is 0 Å². The van der Waals surface area contributed by atoms with Crippen LogP contribution in [0.4, 0.5) is 0 Å². The van der Waals surface area contributed by atoms with Gasteiger partial charge < -0.3 is 5.41 Å². The van der Waals surface area contributed by atoms with Gasteiger partial charge >= 0.3 is 0 Å². The van der Waals surface area contributed by atoms with Crippen LogP contribution in [0.15, 0.2) is 76.6 Å². The minimum atomic E-state index is 0.551. The molecule has 29 heavy (non-hydrogen) atoms. The first-order valence-corrected chi connectivity index (χ1v) is 11.3. The number of fused-ring (bicyclic) bond motifs is 6. The zero-order valence-electron chi connectivity index (χ0n) is 16.3. The van der Waals surface area contributed by atoms with Crippen LogP contribution in [0.3, 0.4) is 0 Å². The van der Waals surface area contributed by atoms with Crippen LogP contribution in [0.1, 0.15) is 41.9 Å². The molecule has 2 atom stereocenters. The highest BCUT2D eigenvalue weighted by Gasteiger charge is 2.31. The number of nitrogens with zero attached hydrogens (tertiary/aromatic N) is 1. The van der Waals surface area contributed by atoms with Crippen molar-refractivity contribution in [2.24, 2.45) is 10.9 Å². The summed E-state index contributed by atoms with van der Waals surface area (Å²) >= 11 is 1.79. The number of benzene rings is 3. The van der Waals surface area contributed by atoms with Gasteiger partial charge in [-0.15, -0.1) is 11.8 Å². The van der Waals surface area contributed by atoms with E-state index in [1.54, 1.807) is 11.8 Å². The summed E-state index contributed by atoms with van der Waals surface area (Å²) in [5, 5.41) is 10.6. The van der Waals surface area contributed by atoms with Crippen LogP contribution >= 0.6 is 11.8 Å². The fourth-order valence-corrected chi connectivity index (χ4v) is 5.41. The molecule has 2 unspecified atom stereocenters. The standard InChI is InChI=1S/C18H17N.C8H7NS/c19-14-7-10-16-13(11-14)6-9-17-15-4-2-1-3-12(15)5-8-18(16)17;1-2-4-8-7(3-1)5-9-6-10-8/h1-6,8-9,13,16,19H,7,10-11H2;1-5H,6H2. The maximum atomic E-state index is 7.89. The fourth-order valence-electron chi connectivity index (χ4n) is 4.66. The van der Waals surface area contributed by atoms with Crippen molar-refractivity contribution >= 4 is 40.5 Å². The van der Waals surface area contributed by atoms with E-state index >= 15 is 0 Å². The number of allylic oxidation sites excluding steroid dienone is 1. The lowest BCUT2D eigenvalue weighted by Gasteiger charge is -2.34. The largest absolute Gasteiger partial charge is 0.310 e. The normalized spacial score (nSPS) is 21.6. The van der Waals surface area contributed by atoms with Crippen molar-refractivity contribution in [3.63, 3.8) is 0 Å². The highest BCUT2D eigenvalue weighted by molar-refractivity contribution is 7.99. The van der Waals surface area contributed by atoms with Gasteiger partial charge in [-0.1, -0.05) is 66.7 Å². The highest BCUT2D eigenvalue weighted by atomic mass is 32.2. The van der Waals surface area contributed by atoms with Crippen molar-refractivity contribution in [2.45, 2.75) is 30.1 Å². The molecule has 1 saturated carbocycles. The van der Waals surface area contributed by atoms with Gasteiger partial charge in [-0.3, -0.25) is 4.99 Å². The molecule has 144 valence electrons. The van der Waals surface area contributed by atoms with Crippen LogP contribution in [0.5, 0.6) is 0 Å². The molecule has 1 N–H and O–H groups in total. The second-order valence-corrected chi connectivity index (χ2v) is 8.88. The Morgan fingerprint density at radius 3 is 2.76 bits per heavy atom. The molecule has 2 aliphatic carbocycles. The molecule has 0 bridgehead atoms. The quantitative estimate of drug-likeness (QED) is 0.439. The zero-order chi connectivity index (χ0) is 19.6. The Bertz CT molecular complexity index is 1130. The van der Waals surface area contributed by atoms with Crippen LogP contribution in [0.2, 0.25) is 0 Å². The van der Waals surface area contributed by atoms with E-state index in [0.29, 0.717) is 11.8 Å². The molecule has 0 radical (unpaired) electrons. The van der Waals surface area contributed by atoms with Crippen LogP contribution in [-0.4, -0.2) is 17.8 Å². The molecule has 3 aromatic carbocycles. The maximum absolute atomic E-state index is 7.89. The van der Waals surface area contributed by atoms with E-state index in [0.717, 1.165) is 30.9 Å². The first kappa shape index (κ1) is 18.4. The van der Waals surface area contributed by atoms with Crippen LogP contribution in [0, 0.1) is 11.3 Å². The molecule has 0 aromatic heterocycles. The van der Waals surface area contributed by atoms with Gasteiger partial charge in [-0.25, -0.2) is 0 Å². The minimum Gasteiger partial charge on any atom is -0.310 e. The Hall–Kier alpha value is -2.65. The summed E-state index contributed by atoms with van der Waals surface area (Å²) in [5.74, 6) is 2.05. The monoisotopic (exact) mass is 396 g/mol. The lowest BCUT2D eigenvalue weighted by atomic mass is 9.70. The van der Waals surface area contributed by atoms with E-state index in [1.165, 1.54) is 32.4 Å². The summed E-state index contributed by atoms with van der Waals surface area (Å²) in [7, 11) is 0. The highest BCUT2D eigenvalue weighted by Crippen LogP contribution is 2.44. The Morgan fingerprint density at radius 2 is 1.83 bits per heavy atom.